The smallest absolute Gasteiger partial charge is 0.137 e. The molecule has 16 nitrogen and oxygen atoms in total. The van der Waals surface area contributed by atoms with Gasteiger partial charge in [0.15, 0.2) is 0 Å². The zero-order valence-electron chi connectivity index (χ0n) is 38.5. The highest BCUT2D eigenvalue weighted by Crippen LogP contribution is 2.25. The maximum atomic E-state index is 9.36. The molecule has 3 saturated heterocycles. The van der Waals surface area contributed by atoms with Gasteiger partial charge in [-0.25, -0.2) is 29.9 Å². The molecule has 9 aromatic heterocycles. The molecule has 17 heteroatoms. The molecule has 0 spiro atoms. The maximum absolute atomic E-state index is 9.36. The molecule has 0 amide bonds. The maximum Gasteiger partial charge on any atom is 0.137 e. The Labute approximate surface area is 406 Å². The Bertz CT molecular complexity index is 3090. The number of pyridine rings is 6. The van der Waals surface area contributed by atoms with Crippen molar-refractivity contribution in [2.45, 2.75) is 63.3 Å². The number of hydrogen-bond donors (Lipinski definition) is 7. The van der Waals surface area contributed by atoms with E-state index in [2.05, 4.69) is 51.3 Å². The number of rotatable bonds is 10. The van der Waals surface area contributed by atoms with Gasteiger partial charge in [0.05, 0.1) is 64.4 Å². The largest absolute Gasteiger partial charge is 0.392 e. The number of nitrogens with one attached hydrogen (secondary N) is 6. The van der Waals surface area contributed by atoms with Gasteiger partial charge < -0.3 is 37.0 Å². The van der Waals surface area contributed by atoms with Gasteiger partial charge in [0.1, 0.15) is 34.4 Å². The van der Waals surface area contributed by atoms with Gasteiger partial charge >= 0.3 is 0 Å². The summed E-state index contributed by atoms with van der Waals surface area (Å²) in [4.78, 5) is 27.6. The van der Waals surface area contributed by atoms with Crippen LogP contribution in [-0.2, 0) is 6.61 Å². The molecule has 0 aliphatic carbocycles. The zero-order valence-corrected chi connectivity index (χ0v) is 39.2. The van der Waals surface area contributed by atoms with Crippen molar-refractivity contribution >= 4 is 46.0 Å². The molecule has 9 aromatic rings. The molecule has 0 saturated carbocycles. The number of nitrogens with zero attached hydrogens (tertiary/aromatic N) is 9. The number of halogens is 1. The molecule has 7 N–H and O–H groups in total. The van der Waals surface area contributed by atoms with Crippen LogP contribution in [0.15, 0.2) is 134 Å². The highest BCUT2D eigenvalue weighted by molar-refractivity contribution is 6.30. The Morgan fingerprint density at radius 1 is 0.478 bits per heavy atom. The summed E-state index contributed by atoms with van der Waals surface area (Å²) < 4.78 is 6.01. The van der Waals surface area contributed by atoms with Gasteiger partial charge in [0.2, 0.25) is 0 Å². The van der Waals surface area contributed by atoms with Crippen molar-refractivity contribution in [1.29, 1.82) is 0 Å². The van der Waals surface area contributed by atoms with Gasteiger partial charge in [-0.3, -0.25) is 13.2 Å². The fourth-order valence-electron chi connectivity index (χ4n) is 9.07. The Morgan fingerprint density at radius 2 is 0.899 bits per heavy atom. The van der Waals surface area contributed by atoms with Gasteiger partial charge in [0, 0.05) is 36.7 Å². The second kappa shape index (κ2) is 22.0. The van der Waals surface area contributed by atoms with Crippen molar-refractivity contribution in [3.8, 4) is 34.2 Å². The van der Waals surface area contributed by atoms with Crippen LogP contribution >= 0.6 is 11.6 Å². The lowest BCUT2D eigenvalue weighted by Gasteiger charge is -2.24. The third-order valence-electron chi connectivity index (χ3n) is 12.7. The van der Waals surface area contributed by atoms with Crippen molar-refractivity contribution in [3.63, 3.8) is 0 Å². The number of anilines is 3. The topological polar surface area (TPSA) is 183 Å². The second-order valence-corrected chi connectivity index (χ2v) is 18.0. The van der Waals surface area contributed by atoms with Crippen LogP contribution in [0.3, 0.4) is 0 Å². The minimum absolute atomic E-state index is 0.0122. The van der Waals surface area contributed by atoms with E-state index in [9.17, 15) is 5.11 Å². The average molecular weight is 945 g/mol. The van der Waals surface area contributed by atoms with E-state index in [1.54, 1.807) is 0 Å². The number of imidazole rings is 3. The normalized spacial score (nSPS) is 15.9. The third kappa shape index (κ3) is 11.3. The molecule has 3 fully saturated rings. The number of aromatic nitrogens is 9. The standard InChI is InChI=1S/C18H21N5O.C17H18ClN5.C17H19N5/c24-12-13-4-5-18-20-10-16(23(18)11-13)15-2-1-3-17(22-15)21-14-6-8-19-9-7-14;18-12-4-5-17-20-10-15(23(17)11-12)14-2-1-3-16(22-14)21-13-6-8-19-9-7-13;1-2-11-22-15(12-19-17(22)6-1)14-4-3-5-16(21-14)20-13-7-9-18-10-8-13/h1-5,10-11,14,19,24H,6-9,12H2,(H,21,22);1-5,10-11,13,19H,6-9H2,(H,21,22);1-6,11-13,18H,7-10H2,(H,20,21). The molecule has 3 aliphatic rings. The summed E-state index contributed by atoms with van der Waals surface area (Å²) in [7, 11) is 0. The SMILES string of the molecule is Clc1ccc2ncc(-c3cccc(NC4CCNCC4)n3)n2c1.OCc1ccc2ncc(-c3cccc(NC4CCNCC4)n3)n2c1.c1cc(NC2CCNCC2)nc(-c2cnc3ccccn23)c1. The number of hydrogen-bond acceptors (Lipinski definition) is 13. The summed E-state index contributed by atoms with van der Waals surface area (Å²) in [5.41, 5.74) is 9.09. The molecule has 0 unspecified atom stereocenters. The van der Waals surface area contributed by atoms with Crippen LogP contribution in [0.1, 0.15) is 44.1 Å². The Morgan fingerprint density at radius 3 is 1.36 bits per heavy atom. The lowest BCUT2D eigenvalue weighted by Crippen LogP contribution is -2.35. The van der Waals surface area contributed by atoms with Gasteiger partial charge in [-0.15, -0.1) is 0 Å². The average Bonchev–Trinajstić information content (AvgIpc) is 4.15. The van der Waals surface area contributed by atoms with Crippen molar-refractivity contribution in [2.24, 2.45) is 0 Å². The van der Waals surface area contributed by atoms with E-state index in [0.717, 1.165) is 152 Å². The third-order valence-corrected chi connectivity index (χ3v) is 13.0. The monoisotopic (exact) mass is 943 g/mol. The molecule has 69 heavy (non-hydrogen) atoms. The minimum atomic E-state index is 0.0122. The van der Waals surface area contributed by atoms with Crippen LogP contribution in [0.25, 0.3) is 51.1 Å². The highest BCUT2D eigenvalue weighted by Gasteiger charge is 2.17. The summed E-state index contributed by atoms with van der Waals surface area (Å²) >= 11 is 6.11. The molecular formula is C52H58ClN15O. The van der Waals surface area contributed by atoms with Crippen LogP contribution < -0.4 is 31.9 Å². The van der Waals surface area contributed by atoms with Crippen LogP contribution in [0.4, 0.5) is 17.5 Å². The van der Waals surface area contributed by atoms with Crippen molar-refractivity contribution in [1.82, 2.24) is 59.1 Å². The Balaban J connectivity index is 0.000000120. The van der Waals surface area contributed by atoms with E-state index in [0.29, 0.717) is 23.1 Å². The van der Waals surface area contributed by atoms with Gasteiger partial charge in [-0.1, -0.05) is 41.9 Å². The zero-order chi connectivity index (χ0) is 46.8. The molecular weight excluding hydrogens is 886 g/mol. The van der Waals surface area contributed by atoms with Crippen LogP contribution in [0.2, 0.25) is 5.02 Å². The van der Waals surface area contributed by atoms with E-state index in [-0.39, 0.29) is 6.61 Å². The molecule has 0 atom stereocenters. The number of piperidine rings is 3. The lowest BCUT2D eigenvalue weighted by atomic mass is 10.1. The van der Waals surface area contributed by atoms with Crippen molar-refractivity contribution in [3.05, 3.63) is 145 Å². The van der Waals surface area contributed by atoms with Crippen LogP contribution in [0.5, 0.6) is 0 Å². The predicted octanol–water partition coefficient (Wildman–Crippen LogP) is 7.83. The molecule has 12 heterocycles. The Hall–Kier alpha value is -6.95. The van der Waals surface area contributed by atoms with Gasteiger partial charge in [-0.05, 0) is 150 Å². The molecule has 0 aromatic carbocycles. The van der Waals surface area contributed by atoms with Crippen LogP contribution in [-0.4, -0.2) is 106 Å². The molecule has 3 aliphatic heterocycles. The second-order valence-electron chi connectivity index (χ2n) is 17.6. The van der Waals surface area contributed by atoms with E-state index >= 15 is 0 Å². The first-order valence-corrected chi connectivity index (χ1v) is 24.4. The number of aliphatic hydroxyl groups excluding tert-OH is 1. The highest BCUT2D eigenvalue weighted by atomic mass is 35.5. The van der Waals surface area contributed by atoms with Gasteiger partial charge in [0.25, 0.3) is 0 Å². The van der Waals surface area contributed by atoms with Crippen molar-refractivity contribution < 1.29 is 5.11 Å². The summed E-state index contributed by atoms with van der Waals surface area (Å²) in [6.45, 7) is 6.38. The first-order chi connectivity index (χ1) is 34.0. The van der Waals surface area contributed by atoms with E-state index in [1.807, 2.05) is 143 Å². The molecule has 0 bridgehead atoms. The van der Waals surface area contributed by atoms with E-state index in [1.165, 1.54) is 0 Å². The first-order valence-electron chi connectivity index (χ1n) is 24.0. The van der Waals surface area contributed by atoms with Crippen LogP contribution in [0, 0.1) is 0 Å². The van der Waals surface area contributed by atoms with Gasteiger partial charge in [-0.2, -0.15) is 0 Å². The molecule has 12 rings (SSSR count). The quantitative estimate of drug-likeness (QED) is 0.0706. The minimum Gasteiger partial charge on any atom is -0.392 e. The fraction of sp³-hybridized carbons (Fsp3) is 0.308. The summed E-state index contributed by atoms with van der Waals surface area (Å²) in [6.07, 6.45) is 18.1. The fourth-order valence-corrected chi connectivity index (χ4v) is 9.23. The van der Waals surface area contributed by atoms with Crippen molar-refractivity contribution in [2.75, 3.05) is 55.2 Å². The Kier molecular flexibility index (Phi) is 14.6. The predicted molar refractivity (Wildman–Crippen MR) is 275 cm³/mol. The number of aliphatic hydroxyl groups is 1. The van der Waals surface area contributed by atoms with E-state index in [4.69, 9.17) is 26.6 Å². The summed E-state index contributed by atoms with van der Waals surface area (Å²) in [5.74, 6) is 2.74. The molecule has 354 valence electrons. The first kappa shape index (κ1) is 45.8. The molecule has 0 radical (unpaired) electrons. The summed E-state index contributed by atoms with van der Waals surface area (Å²) in [6, 6.07) is 33.2. The van der Waals surface area contributed by atoms with E-state index < -0.39 is 0 Å². The summed E-state index contributed by atoms with van der Waals surface area (Å²) in [5, 5.41) is 30.8. The number of fused-ring (bicyclic) bond motifs is 3. The lowest BCUT2D eigenvalue weighted by molar-refractivity contribution is 0.281.